The average Bonchev–Trinajstić information content (AvgIpc) is 2.78. The minimum Gasteiger partial charge on any atom is -0.275 e. The molecule has 0 bridgehead atoms. The van der Waals surface area contributed by atoms with Crippen LogP contribution in [0, 0.1) is 11.3 Å². The Kier molecular flexibility index (Phi) is 3.97. The first-order valence-electron chi connectivity index (χ1n) is 8.38. The van der Waals surface area contributed by atoms with Crippen molar-refractivity contribution in [1.82, 2.24) is 14.8 Å². The SMILES string of the molecule is Cn1ccc(-c2c(C#N)c(C(C)(C)C)nc3c2CCCCC3)n1. The first-order valence-corrected chi connectivity index (χ1v) is 8.38. The molecule has 1 aliphatic carbocycles. The van der Waals surface area contributed by atoms with E-state index in [1.54, 1.807) is 4.68 Å². The van der Waals surface area contributed by atoms with Gasteiger partial charge in [-0.3, -0.25) is 9.67 Å². The van der Waals surface area contributed by atoms with Gasteiger partial charge < -0.3 is 0 Å². The van der Waals surface area contributed by atoms with Crippen molar-refractivity contribution in [2.45, 2.75) is 58.3 Å². The number of hydrogen-bond acceptors (Lipinski definition) is 3. The van der Waals surface area contributed by atoms with Gasteiger partial charge in [0.15, 0.2) is 0 Å². The molecular weight excluding hydrogens is 284 g/mol. The lowest BCUT2D eigenvalue weighted by Gasteiger charge is -2.24. The minimum absolute atomic E-state index is 0.157. The molecule has 2 aromatic rings. The van der Waals surface area contributed by atoms with Gasteiger partial charge in [-0.2, -0.15) is 10.4 Å². The van der Waals surface area contributed by atoms with Gasteiger partial charge in [-0.15, -0.1) is 0 Å². The third kappa shape index (κ3) is 2.88. The Bertz CT molecular complexity index is 772. The maximum absolute atomic E-state index is 9.88. The van der Waals surface area contributed by atoms with E-state index in [1.807, 2.05) is 19.3 Å². The number of rotatable bonds is 1. The van der Waals surface area contributed by atoms with E-state index in [-0.39, 0.29) is 5.41 Å². The molecule has 0 unspecified atom stereocenters. The second kappa shape index (κ2) is 5.81. The topological polar surface area (TPSA) is 54.5 Å². The average molecular weight is 308 g/mol. The lowest BCUT2D eigenvalue weighted by atomic mass is 9.83. The molecule has 0 atom stereocenters. The molecule has 0 N–H and O–H groups in total. The molecule has 0 amide bonds. The van der Waals surface area contributed by atoms with Crippen molar-refractivity contribution in [3.8, 4) is 17.3 Å². The smallest absolute Gasteiger partial charge is 0.102 e. The quantitative estimate of drug-likeness (QED) is 0.750. The third-order valence-corrected chi connectivity index (χ3v) is 4.52. The van der Waals surface area contributed by atoms with Gasteiger partial charge in [0.1, 0.15) is 6.07 Å². The first-order chi connectivity index (χ1) is 10.9. The van der Waals surface area contributed by atoms with Crippen LogP contribution >= 0.6 is 0 Å². The van der Waals surface area contributed by atoms with E-state index in [1.165, 1.54) is 24.1 Å². The van der Waals surface area contributed by atoms with E-state index in [4.69, 9.17) is 4.98 Å². The number of nitriles is 1. The molecule has 0 fully saturated rings. The zero-order valence-corrected chi connectivity index (χ0v) is 14.5. The zero-order chi connectivity index (χ0) is 16.6. The zero-order valence-electron chi connectivity index (χ0n) is 14.5. The molecule has 3 rings (SSSR count). The van der Waals surface area contributed by atoms with Crippen molar-refractivity contribution in [1.29, 1.82) is 5.26 Å². The Morgan fingerprint density at radius 1 is 1.17 bits per heavy atom. The number of nitrogens with zero attached hydrogens (tertiary/aromatic N) is 4. The van der Waals surface area contributed by atoms with Crippen LogP contribution in [0.1, 0.15) is 62.5 Å². The Morgan fingerprint density at radius 3 is 2.52 bits per heavy atom. The predicted molar refractivity (Wildman–Crippen MR) is 91.1 cm³/mol. The van der Waals surface area contributed by atoms with Gasteiger partial charge in [-0.1, -0.05) is 27.2 Å². The largest absolute Gasteiger partial charge is 0.275 e. The third-order valence-electron chi connectivity index (χ3n) is 4.52. The monoisotopic (exact) mass is 308 g/mol. The molecule has 0 aromatic carbocycles. The van der Waals surface area contributed by atoms with Crippen LogP contribution in [0.4, 0.5) is 0 Å². The van der Waals surface area contributed by atoms with Crippen LogP contribution < -0.4 is 0 Å². The lowest BCUT2D eigenvalue weighted by Crippen LogP contribution is -2.19. The van der Waals surface area contributed by atoms with Crippen molar-refractivity contribution in [3.05, 3.63) is 34.8 Å². The molecule has 23 heavy (non-hydrogen) atoms. The maximum Gasteiger partial charge on any atom is 0.102 e. The summed E-state index contributed by atoms with van der Waals surface area (Å²) in [5.74, 6) is 0. The maximum atomic E-state index is 9.88. The summed E-state index contributed by atoms with van der Waals surface area (Å²) in [6.07, 6.45) is 7.50. The van der Waals surface area contributed by atoms with E-state index in [0.29, 0.717) is 5.56 Å². The van der Waals surface area contributed by atoms with Gasteiger partial charge in [0.2, 0.25) is 0 Å². The normalized spacial score (nSPS) is 14.9. The van der Waals surface area contributed by atoms with E-state index in [9.17, 15) is 5.26 Å². The molecule has 2 heterocycles. The van der Waals surface area contributed by atoms with Crippen LogP contribution in [0.5, 0.6) is 0 Å². The Balaban J connectivity index is 2.36. The molecular formula is C19H24N4. The fourth-order valence-corrected chi connectivity index (χ4v) is 3.40. The first kappa shape index (κ1) is 15.7. The van der Waals surface area contributed by atoms with Crippen molar-refractivity contribution in [2.24, 2.45) is 7.05 Å². The number of hydrogen-bond donors (Lipinski definition) is 0. The van der Waals surface area contributed by atoms with Crippen molar-refractivity contribution >= 4 is 0 Å². The Morgan fingerprint density at radius 2 is 1.91 bits per heavy atom. The molecule has 1 aliphatic rings. The predicted octanol–water partition coefficient (Wildman–Crippen LogP) is 3.92. The highest BCUT2D eigenvalue weighted by Crippen LogP contribution is 2.37. The number of aryl methyl sites for hydroxylation is 2. The van der Waals surface area contributed by atoms with E-state index in [0.717, 1.165) is 36.2 Å². The summed E-state index contributed by atoms with van der Waals surface area (Å²) in [6, 6.07) is 4.44. The lowest BCUT2D eigenvalue weighted by molar-refractivity contribution is 0.562. The Labute approximate surface area is 138 Å². The highest BCUT2D eigenvalue weighted by Gasteiger charge is 2.28. The number of aromatic nitrogens is 3. The molecule has 4 heteroatoms. The highest BCUT2D eigenvalue weighted by molar-refractivity contribution is 5.73. The van der Waals surface area contributed by atoms with Gasteiger partial charge in [-0.05, 0) is 37.3 Å². The Hall–Kier alpha value is -2.15. The number of fused-ring (bicyclic) bond motifs is 1. The fourth-order valence-electron chi connectivity index (χ4n) is 3.40. The van der Waals surface area contributed by atoms with Crippen LogP contribution in [0.15, 0.2) is 12.3 Å². The van der Waals surface area contributed by atoms with Crippen molar-refractivity contribution in [3.63, 3.8) is 0 Å². The van der Waals surface area contributed by atoms with Gasteiger partial charge in [0, 0.05) is 29.9 Å². The fraction of sp³-hybridized carbons (Fsp3) is 0.526. The summed E-state index contributed by atoms with van der Waals surface area (Å²) < 4.78 is 1.80. The van der Waals surface area contributed by atoms with Crippen LogP contribution in [0.2, 0.25) is 0 Å². The van der Waals surface area contributed by atoms with Gasteiger partial charge in [0.05, 0.1) is 17.0 Å². The molecule has 0 radical (unpaired) electrons. The summed E-state index contributed by atoms with van der Waals surface area (Å²) in [4.78, 5) is 4.95. The van der Waals surface area contributed by atoms with E-state index >= 15 is 0 Å². The minimum atomic E-state index is -0.157. The second-order valence-corrected chi connectivity index (χ2v) is 7.43. The summed E-state index contributed by atoms with van der Waals surface area (Å²) in [5.41, 5.74) is 5.78. The van der Waals surface area contributed by atoms with Crippen LogP contribution in [-0.2, 0) is 25.3 Å². The van der Waals surface area contributed by atoms with Crippen LogP contribution in [0.25, 0.3) is 11.3 Å². The second-order valence-electron chi connectivity index (χ2n) is 7.43. The molecule has 4 nitrogen and oxygen atoms in total. The molecule has 0 aliphatic heterocycles. The van der Waals surface area contributed by atoms with Crippen LogP contribution in [0.3, 0.4) is 0 Å². The van der Waals surface area contributed by atoms with Crippen molar-refractivity contribution < 1.29 is 0 Å². The van der Waals surface area contributed by atoms with Crippen LogP contribution in [-0.4, -0.2) is 14.8 Å². The summed E-state index contributed by atoms with van der Waals surface area (Å²) in [7, 11) is 1.92. The van der Waals surface area contributed by atoms with E-state index < -0.39 is 0 Å². The summed E-state index contributed by atoms with van der Waals surface area (Å²) in [5, 5.41) is 14.5. The summed E-state index contributed by atoms with van der Waals surface area (Å²) >= 11 is 0. The summed E-state index contributed by atoms with van der Waals surface area (Å²) in [6.45, 7) is 6.38. The van der Waals surface area contributed by atoms with Gasteiger partial charge in [0.25, 0.3) is 0 Å². The van der Waals surface area contributed by atoms with Gasteiger partial charge >= 0.3 is 0 Å². The van der Waals surface area contributed by atoms with Crippen molar-refractivity contribution in [2.75, 3.05) is 0 Å². The molecule has 0 saturated carbocycles. The van der Waals surface area contributed by atoms with Gasteiger partial charge in [-0.25, -0.2) is 0 Å². The standard InChI is InChI=1S/C19H24N4/c1-19(2,3)18-14(12-20)17(16-10-11-23(4)22-16)13-8-6-5-7-9-15(13)21-18/h10-11H,5-9H2,1-4H3. The van der Waals surface area contributed by atoms with E-state index in [2.05, 4.69) is 31.9 Å². The molecule has 0 saturated heterocycles. The molecule has 0 spiro atoms. The highest BCUT2D eigenvalue weighted by atomic mass is 15.2. The number of pyridine rings is 1. The molecule has 120 valence electrons. The molecule has 2 aromatic heterocycles.